The van der Waals surface area contributed by atoms with Crippen LogP contribution in [0.15, 0.2) is 60.7 Å². The lowest BCUT2D eigenvalue weighted by atomic mass is 9.97. The first kappa shape index (κ1) is 11.1. The second kappa shape index (κ2) is 5.06. The zero-order valence-corrected chi connectivity index (χ0v) is 9.18. The molecule has 0 unspecified atom stereocenters. The van der Waals surface area contributed by atoms with Crippen molar-refractivity contribution in [2.45, 2.75) is 0 Å². The molecule has 2 rings (SSSR count). The third-order valence-corrected chi connectivity index (χ3v) is 2.48. The second-order valence-electron chi connectivity index (χ2n) is 3.58. The van der Waals surface area contributed by atoms with Gasteiger partial charge in [0.05, 0.1) is 11.3 Å². The molecule has 0 spiro atoms. The third kappa shape index (κ3) is 2.39. The maximum absolute atomic E-state index is 11.0. The summed E-state index contributed by atoms with van der Waals surface area (Å²) < 4.78 is 0. The molecule has 2 heteroatoms. The van der Waals surface area contributed by atoms with Crippen LogP contribution in [0.3, 0.4) is 0 Å². The molecule has 0 fully saturated rings. The number of benzene rings is 2. The number of allylic oxidation sites excluding steroid dienone is 1. The van der Waals surface area contributed by atoms with Crippen molar-refractivity contribution < 1.29 is 4.79 Å². The van der Waals surface area contributed by atoms with Gasteiger partial charge in [-0.05, 0) is 5.56 Å². The number of carbonyl (C=O) groups excluding carboxylic acids is 1. The lowest BCUT2D eigenvalue weighted by Crippen LogP contribution is -2.03. The van der Waals surface area contributed by atoms with Gasteiger partial charge in [-0.1, -0.05) is 60.7 Å². The van der Waals surface area contributed by atoms with Gasteiger partial charge in [0.25, 0.3) is 0 Å². The highest BCUT2D eigenvalue weighted by atomic mass is 16.1. The summed E-state index contributed by atoms with van der Waals surface area (Å²) in [5, 5.41) is 8.02. The quantitative estimate of drug-likeness (QED) is 0.628. The molecule has 0 aromatic heterocycles. The van der Waals surface area contributed by atoms with E-state index in [0.29, 0.717) is 0 Å². The predicted octanol–water partition coefficient (Wildman–Crippen LogP) is 2.97. The Bertz CT molecular complexity index is 566. The van der Waals surface area contributed by atoms with Crippen molar-refractivity contribution >= 4 is 17.2 Å². The Morgan fingerprint density at radius 3 is 1.76 bits per heavy atom. The lowest BCUT2D eigenvalue weighted by molar-refractivity contribution is 0.570. The molecule has 0 bridgehead atoms. The van der Waals surface area contributed by atoms with Crippen LogP contribution >= 0.6 is 0 Å². The molecule has 0 heterocycles. The predicted molar refractivity (Wildman–Crippen MR) is 68.8 cm³/mol. The molecule has 0 saturated heterocycles. The van der Waals surface area contributed by atoms with Crippen molar-refractivity contribution in [3.8, 4) is 0 Å². The standard InChI is InChI=1S/C15H11NO/c16-15(13-9-5-2-6-10-13)14(11-17)12-7-3-1-4-8-12/h1-10,16H. The van der Waals surface area contributed by atoms with Crippen molar-refractivity contribution in [1.29, 1.82) is 5.41 Å². The zero-order valence-electron chi connectivity index (χ0n) is 9.18. The first-order chi connectivity index (χ1) is 8.33. The molecular weight excluding hydrogens is 210 g/mol. The Balaban J connectivity index is 2.40. The summed E-state index contributed by atoms with van der Waals surface area (Å²) in [5.41, 5.74) is 1.93. The van der Waals surface area contributed by atoms with E-state index in [1.165, 1.54) is 0 Å². The highest BCUT2D eigenvalue weighted by molar-refractivity contribution is 6.36. The molecule has 82 valence electrons. The van der Waals surface area contributed by atoms with Crippen LogP contribution in [0.2, 0.25) is 0 Å². The van der Waals surface area contributed by atoms with E-state index in [2.05, 4.69) is 0 Å². The maximum atomic E-state index is 11.0. The fourth-order valence-electron chi connectivity index (χ4n) is 1.61. The molecule has 2 aromatic rings. The molecule has 1 N–H and O–H groups in total. The molecule has 0 aliphatic rings. The molecule has 0 atom stereocenters. The summed E-state index contributed by atoms with van der Waals surface area (Å²) in [4.78, 5) is 11.0. The summed E-state index contributed by atoms with van der Waals surface area (Å²) in [6.45, 7) is 0. The Hall–Kier alpha value is -2.44. The number of nitrogens with one attached hydrogen (secondary N) is 1. The number of hydrogen-bond acceptors (Lipinski definition) is 2. The van der Waals surface area contributed by atoms with Crippen LogP contribution < -0.4 is 0 Å². The topological polar surface area (TPSA) is 40.9 Å². The monoisotopic (exact) mass is 221 g/mol. The average molecular weight is 221 g/mol. The second-order valence-corrected chi connectivity index (χ2v) is 3.58. The van der Waals surface area contributed by atoms with Gasteiger partial charge in [-0.3, -0.25) is 5.41 Å². The van der Waals surface area contributed by atoms with Gasteiger partial charge in [-0.2, -0.15) is 0 Å². The highest BCUT2D eigenvalue weighted by Crippen LogP contribution is 2.16. The van der Waals surface area contributed by atoms with Crippen molar-refractivity contribution in [2.75, 3.05) is 0 Å². The van der Waals surface area contributed by atoms with E-state index in [1.807, 2.05) is 54.5 Å². The van der Waals surface area contributed by atoms with Crippen molar-refractivity contribution in [2.24, 2.45) is 0 Å². The minimum Gasteiger partial charge on any atom is -0.299 e. The van der Waals surface area contributed by atoms with E-state index in [-0.39, 0.29) is 11.3 Å². The summed E-state index contributed by atoms with van der Waals surface area (Å²) >= 11 is 0. The number of hydrogen-bond donors (Lipinski definition) is 1. The highest BCUT2D eigenvalue weighted by Gasteiger charge is 2.10. The minimum absolute atomic E-state index is 0.201. The van der Waals surface area contributed by atoms with Crippen molar-refractivity contribution in [3.63, 3.8) is 0 Å². The van der Waals surface area contributed by atoms with Gasteiger partial charge in [0.1, 0.15) is 5.94 Å². The third-order valence-electron chi connectivity index (χ3n) is 2.48. The van der Waals surface area contributed by atoms with E-state index < -0.39 is 0 Å². The minimum atomic E-state index is 0.201. The SMILES string of the molecule is N=C(C(=C=O)c1ccccc1)c1ccccc1. The number of rotatable bonds is 3. The van der Waals surface area contributed by atoms with Crippen LogP contribution in [0.5, 0.6) is 0 Å². The average Bonchev–Trinajstić information content (AvgIpc) is 2.42. The molecule has 0 amide bonds. The van der Waals surface area contributed by atoms with E-state index >= 15 is 0 Å². The summed E-state index contributed by atoms with van der Waals surface area (Å²) in [6, 6.07) is 18.3. The summed E-state index contributed by atoms with van der Waals surface area (Å²) in [5.74, 6) is 1.86. The molecular formula is C15H11NO. The Labute approximate surface area is 99.7 Å². The van der Waals surface area contributed by atoms with Gasteiger partial charge in [-0.15, -0.1) is 0 Å². The maximum Gasteiger partial charge on any atom is 0.135 e. The Kier molecular flexibility index (Phi) is 3.29. The van der Waals surface area contributed by atoms with E-state index in [9.17, 15) is 4.79 Å². The van der Waals surface area contributed by atoms with Gasteiger partial charge in [0.15, 0.2) is 0 Å². The molecule has 17 heavy (non-hydrogen) atoms. The van der Waals surface area contributed by atoms with E-state index in [1.54, 1.807) is 12.1 Å². The van der Waals surface area contributed by atoms with Crippen LogP contribution in [0, 0.1) is 5.41 Å². The van der Waals surface area contributed by atoms with Gasteiger partial charge in [0, 0.05) is 5.56 Å². The largest absolute Gasteiger partial charge is 0.299 e. The van der Waals surface area contributed by atoms with Crippen LogP contribution in [-0.2, 0) is 4.79 Å². The fourth-order valence-corrected chi connectivity index (χ4v) is 1.61. The molecule has 0 aliphatic carbocycles. The van der Waals surface area contributed by atoms with Crippen LogP contribution in [0.25, 0.3) is 5.57 Å². The molecule has 0 aliphatic heterocycles. The smallest absolute Gasteiger partial charge is 0.135 e. The van der Waals surface area contributed by atoms with Crippen LogP contribution in [-0.4, -0.2) is 11.7 Å². The molecule has 0 radical (unpaired) electrons. The fraction of sp³-hybridized carbons (Fsp3) is 0. The normalized spacial score (nSPS) is 9.41. The lowest BCUT2D eigenvalue weighted by Gasteiger charge is -2.05. The molecule has 2 aromatic carbocycles. The Morgan fingerprint density at radius 2 is 1.29 bits per heavy atom. The first-order valence-corrected chi connectivity index (χ1v) is 5.28. The van der Waals surface area contributed by atoms with E-state index in [0.717, 1.165) is 11.1 Å². The van der Waals surface area contributed by atoms with Gasteiger partial charge in [0.2, 0.25) is 0 Å². The van der Waals surface area contributed by atoms with Crippen LogP contribution in [0.4, 0.5) is 0 Å². The van der Waals surface area contributed by atoms with E-state index in [4.69, 9.17) is 5.41 Å². The summed E-state index contributed by atoms with van der Waals surface area (Å²) in [6.07, 6.45) is 0. The van der Waals surface area contributed by atoms with Crippen LogP contribution in [0.1, 0.15) is 11.1 Å². The Morgan fingerprint density at radius 1 is 0.824 bits per heavy atom. The first-order valence-electron chi connectivity index (χ1n) is 5.28. The van der Waals surface area contributed by atoms with Crippen molar-refractivity contribution in [3.05, 3.63) is 71.8 Å². The zero-order chi connectivity index (χ0) is 12.1. The van der Waals surface area contributed by atoms with Gasteiger partial charge in [-0.25, -0.2) is 4.79 Å². The summed E-state index contributed by atoms with van der Waals surface area (Å²) in [7, 11) is 0. The van der Waals surface area contributed by atoms with Crippen molar-refractivity contribution in [1.82, 2.24) is 0 Å². The molecule has 0 saturated carbocycles. The van der Waals surface area contributed by atoms with Gasteiger partial charge >= 0.3 is 0 Å². The van der Waals surface area contributed by atoms with Gasteiger partial charge < -0.3 is 0 Å². The molecule has 2 nitrogen and oxygen atoms in total.